The Balaban J connectivity index is 1.97. The van der Waals surface area contributed by atoms with Crippen LogP contribution in [0.1, 0.15) is 18.4 Å². The van der Waals surface area contributed by atoms with Crippen molar-refractivity contribution in [1.82, 2.24) is 4.31 Å². The molecular formula is C19H23N3O5S. The third-order valence-corrected chi connectivity index (χ3v) is 6.75. The number of nitro groups is 1. The molecule has 0 aliphatic carbocycles. The van der Waals surface area contributed by atoms with Crippen molar-refractivity contribution in [2.45, 2.75) is 24.3 Å². The van der Waals surface area contributed by atoms with E-state index >= 15 is 0 Å². The van der Waals surface area contributed by atoms with Crippen molar-refractivity contribution in [2.24, 2.45) is 0 Å². The molecule has 1 aliphatic rings. The van der Waals surface area contributed by atoms with Gasteiger partial charge in [0.2, 0.25) is 10.0 Å². The van der Waals surface area contributed by atoms with Gasteiger partial charge in [0.05, 0.1) is 17.7 Å². The smallest absolute Gasteiger partial charge is 0.270 e. The van der Waals surface area contributed by atoms with Crippen LogP contribution < -0.4 is 9.64 Å². The van der Waals surface area contributed by atoms with Crippen LogP contribution in [-0.4, -0.2) is 44.9 Å². The van der Waals surface area contributed by atoms with Crippen molar-refractivity contribution in [3.63, 3.8) is 0 Å². The largest absolute Gasteiger partial charge is 0.497 e. The minimum Gasteiger partial charge on any atom is -0.497 e. The minimum atomic E-state index is -3.81. The van der Waals surface area contributed by atoms with Crippen LogP contribution in [0.2, 0.25) is 0 Å². The molecule has 0 N–H and O–H groups in total. The molecule has 0 aromatic heterocycles. The van der Waals surface area contributed by atoms with Crippen LogP contribution in [0.3, 0.4) is 0 Å². The summed E-state index contributed by atoms with van der Waals surface area (Å²) < 4.78 is 32.8. The summed E-state index contributed by atoms with van der Waals surface area (Å²) in [6, 6.07) is 11.5. The van der Waals surface area contributed by atoms with Crippen molar-refractivity contribution in [3.8, 4) is 5.75 Å². The van der Waals surface area contributed by atoms with E-state index in [9.17, 15) is 18.5 Å². The van der Waals surface area contributed by atoms with Crippen molar-refractivity contribution in [3.05, 3.63) is 58.1 Å². The summed E-state index contributed by atoms with van der Waals surface area (Å²) in [6.45, 7) is 1.32. The maximum atomic E-state index is 13.1. The van der Waals surface area contributed by atoms with Gasteiger partial charge in [-0.3, -0.25) is 10.1 Å². The number of benzene rings is 2. The standard InChI is InChI=1S/C19H23N3O5S/c1-20(14-15-5-8-17(27-2)9-6-15)18-10-7-16(22(23)24)13-19(18)28(25,26)21-11-3-4-12-21/h5-10,13H,3-4,11-12,14H2,1-2H3. The zero-order valence-electron chi connectivity index (χ0n) is 15.9. The monoisotopic (exact) mass is 405 g/mol. The van der Waals surface area contributed by atoms with Crippen molar-refractivity contribution in [2.75, 3.05) is 32.1 Å². The number of ether oxygens (including phenoxy) is 1. The molecule has 8 nitrogen and oxygen atoms in total. The lowest BCUT2D eigenvalue weighted by Gasteiger charge is -2.24. The highest BCUT2D eigenvalue weighted by Gasteiger charge is 2.31. The number of nitrogens with zero attached hydrogens (tertiary/aromatic N) is 3. The molecule has 0 unspecified atom stereocenters. The first-order valence-corrected chi connectivity index (χ1v) is 10.4. The van der Waals surface area contributed by atoms with E-state index in [2.05, 4.69) is 0 Å². The van der Waals surface area contributed by atoms with Gasteiger partial charge in [-0.2, -0.15) is 4.31 Å². The molecule has 1 fully saturated rings. The summed E-state index contributed by atoms with van der Waals surface area (Å²) in [7, 11) is -0.443. The molecule has 0 saturated carbocycles. The summed E-state index contributed by atoms with van der Waals surface area (Å²) in [4.78, 5) is 12.4. The first-order chi connectivity index (χ1) is 13.3. The van der Waals surface area contributed by atoms with Gasteiger partial charge in [-0.1, -0.05) is 12.1 Å². The van der Waals surface area contributed by atoms with Gasteiger partial charge in [-0.15, -0.1) is 0 Å². The van der Waals surface area contributed by atoms with E-state index in [1.54, 1.807) is 19.1 Å². The second kappa shape index (κ2) is 8.15. The van der Waals surface area contributed by atoms with Gasteiger partial charge >= 0.3 is 0 Å². The SMILES string of the molecule is COc1ccc(CN(C)c2ccc([N+](=O)[O-])cc2S(=O)(=O)N2CCCC2)cc1. The number of rotatable bonds is 7. The highest BCUT2D eigenvalue weighted by Crippen LogP contribution is 2.33. The summed E-state index contributed by atoms with van der Waals surface area (Å²) >= 11 is 0. The Kier molecular flexibility index (Phi) is 5.85. The maximum Gasteiger partial charge on any atom is 0.270 e. The number of methoxy groups -OCH3 is 1. The molecule has 28 heavy (non-hydrogen) atoms. The average Bonchev–Trinajstić information content (AvgIpc) is 3.23. The number of sulfonamides is 1. The highest BCUT2D eigenvalue weighted by molar-refractivity contribution is 7.89. The number of hydrogen-bond donors (Lipinski definition) is 0. The van der Waals surface area contributed by atoms with Gasteiger partial charge in [0.15, 0.2) is 0 Å². The third kappa shape index (κ3) is 4.10. The molecule has 150 valence electrons. The third-order valence-electron chi connectivity index (χ3n) is 4.83. The topological polar surface area (TPSA) is 93.0 Å². The van der Waals surface area contributed by atoms with Crippen LogP contribution in [-0.2, 0) is 16.6 Å². The molecular weight excluding hydrogens is 382 g/mol. The van der Waals surface area contributed by atoms with Gasteiger partial charge in [-0.05, 0) is 36.6 Å². The fourth-order valence-corrected chi connectivity index (χ4v) is 5.07. The molecule has 9 heteroatoms. The highest BCUT2D eigenvalue weighted by atomic mass is 32.2. The Labute approximate surface area is 164 Å². The molecule has 0 spiro atoms. The van der Waals surface area contributed by atoms with E-state index in [4.69, 9.17) is 4.74 Å². The first kappa shape index (κ1) is 20.1. The Hall–Kier alpha value is -2.65. The lowest BCUT2D eigenvalue weighted by atomic mass is 10.2. The number of hydrogen-bond acceptors (Lipinski definition) is 6. The quantitative estimate of drug-likeness (QED) is 0.519. The normalized spacial score (nSPS) is 14.8. The van der Waals surface area contributed by atoms with Gasteiger partial charge in [-0.25, -0.2) is 8.42 Å². The lowest BCUT2D eigenvalue weighted by Crippen LogP contribution is -2.30. The molecule has 0 amide bonds. The van der Waals surface area contributed by atoms with E-state index < -0.39 is 14.9 Å². The zero-order valence-corrected chi connectivity index (χ0v) is 16.7. The molecule has 1 aliphatic heterocycles. The minimum absolute atomic E-state index is 0.0281. The van der Waals surface area contributed by atoms with Gasteiger partial charge in [0.1, 0.15) is 10.6 Å². The van der Waals surface area contributed by atoms with Crippen molar-refractivity contribution >= 4 is 21.4 Å². The summed E-state index contributed by atoms with van der Waals surface area (Å²) in [5.74, 6) is 0.735. The molecule has 0 bridgehead atoms. The van der Waals surface area contributed by atoms with Crippen LogP contribution in [0.15, 0.2) is 47.4 Å². The van der Waals surface area contributed by atoms with E-state index in [0.29, 0.717) is 25.3 Å². The molecule has 1 heterocycles. The Bertz CT molecular complexity index is 954. The van der Waals surface area contributed by atoms with Crippen LogP contribution >= 0.6 is 0 Å². The van der Waals surface area contributed by atoms with Crippen LogP contribution in [0.5, 0.6) is 5.75 Å². The van der Waals surface area contributed by atoms with Crippen LogP contribution in [0, 0.1) is 10.1 Å². The van der Waals surface area contributed by atoms with Crippen LogP contribution in [0.4, 0.5) is 11.4 Å². The van der Waals surface area contributed by atoms with Crippen LogP contribution in [0.25, 0.3) is 0 Å². The second-order valence-corrected chi connectivity index (χ2v) is 8.63. The average molecular weight is 405 g/mol. The number of non-ortho nitro benzene ring substituents is 1. The fourth-order valence-electron chi connectivity index (χ4n) is 3.30. The predicted octanol–water partition coefficient (Wildman–Crippen LogP) is 3.02. The summed E-state index contributed by atoms with van der Waals surface area (Å²) in [6.07, 6.45) is 1.59. The molecule has 2 aromatic carbocycles. The van der Waals surface area contributed by atoms with E-state index in [1.165, 1.54) is 16.4 Å². The second-order valence-electron chi connectivity index (χ2n) is 6.72. The summed E-state index contributed by atoms with van der Waals surface area (Å²) in [5.41, 5.74) is 1.17. The Morgan fingerprint density at radius 3 is 2.36 bits per heavy atom. The molecule has 0 atom stereocenters. The van der Waals surface area contributed by atoms with Crippen molar-refractivity contribution < 1.29 is 18.1 Å². The molecule has 1 saturated heterocycles. The van der Waals surface area contributed by atoms with E-state index in [-0.39, 0.29) is 10.6 Å². The molecule has 2 aromatic rings. The van der Waals surface area contributed by atoms with Gasteiger partial charge in [0, 0.05) is 38.8 Å². The van der Waals surface area contributed by atoms with E-state index in [1.807, 2.05) is 24.3 Å². The van der Waals surface area contributed by atoms with E-state index in [0.717, 1.165) is 30.2 Å². The summed E-state index contributed by atoms with van der Waals surface area (Å²) in [5, 5.41) is 11.2. The number of anilines is 1. The maximum absolute atomic E-state index is 13.1. The Morgan fingerprint density at radius 1 is 1.14 bits per heavy atom. The lowest BCUT2D eigenvalue weighted by molar-refractivity contribution is -0.385. The Morgan fingerprint density at radius 2 is 1.79 bits per heavy atom. The fraction of sp³-hybridized carbons (Fsp3) is 0.368. The van der Waals surface area contributed by atoms with Crippen molar-refractivity contribution in [1.29, 1.82) is 0 Å². The molecule has 3 rings (SSSR count). The van der Waals surface area contributed by atoms with Gasteiger partial charge < -0.3 is 9.64 Å². The zero-order chi connectivity index (χ0) is 20.3. The molecule has 0 radical (unpaired) electrons. The van der Waals surface area contributed by atoms with Gasteiger partial charge in [0.25, 0.3) is 5.69 Å². The predicted molar refractivity (Wildman–Crippen MR) is 106 cm³/mol. The first-order valence-electron chi connectivity index (χ1n) is 8.95. The number of nitro benzene ring substituents is 1.